The third-order valence-corrected chi connectivity index (χ3v) is 7.06. The van der Waals surface area contributed by atoms with Gasteiger partial charge in [-0.05, 0) is 49.2 Å². The predicted molar refractivity (Wildman–Crippen MR) is 108 cm³/mol. The van der Waals surface area contributed by atoms with Gasteiger partial charge in [-0.1, -0.05) is 79.3 Å². The normalized spacial score (nSPS) is 33.0. The zero-order valence-electron chi connectivity index (χ0n) is 13.2. The number of hydrogen-bond donors (Lipinski definition) is 0. The van der Waals surface area contributed by atoms with E-state index in [0.29, 0.717) is 10.0 Å². The minimum atomic E-state index is -0.677. The van der Waals surface area contributed by atoms with E-state index in [-0.39, 0.29) is 17.6 Å². The lowest BCUT2D eigenvalue weighted by Crippen LogP contribution is -2.35. The topological polar surface area (TPSA) is 17.1 Å². The van der Waals surface area contributed by atoms with Crippen molar-refractivity contribution in [2.75, 3.05) is 0 Å². The molecular formula is C19H16Br2Cl2O. The molecule has 3 rings (SSSR count). The number of alkyl halides is 2. The fourth-order valence-electron chi connectivity index (χ4n) is 3.74. The Bertz CT molecular complexity index is 701. The molecule has 5 heteroatoms. The van der Waals surface area contributed by atoms with Crippen molar-refractivity contribution in [3.63, 3.8) is 0 Å². The smallest absolute Gasteiger partial charge is 0.166 e. The van der Waals surface area contributed by atoms with Gasteiger partial charge in [0.1, 0.15) is 0 Å². The second kappa shape index (κ2) is 6.42. The molecule has 1 nitrogen and oxygen atoms in total. The minimum absolute atomic E-state index is 0.0344. The fraction of sp³-hybridized carbons (Fsp3) is 0.316. The summed E-state index contributed by atoms with van der Waals surface area (Å²) in [7, 11) is 0. The number of carbonyl (C=O) groups is 1. The van der Waals surface area contributed by atoms with Gasteiger partial charge in [-0.25, -0.2) is 0 Å². The number of hydrogen-bond acceptors (Lipinski definition) is 1. The molecule has 0 heterocycles. The second-order valence-electron chi connectivity index (χ2n) is 6.54. The number of Topliss-reactive ketones (excluding diaryl/α,β-unsaturated/α-hetero) is 1. The van der Waals surface area contributed by atoms with Crippen LogP contribution < -0.4 is 0 Å². The third-order valence-electron chi connectivity index (χ3n) is 4.85. The molecule has 0 radical (unpaired) electrons. The molecule has 0 N–H and O–H groups in total. The van der Waals surface area contributed by atoms with Crippen LogP contribution in [0, 0.1) is 0 Å². The van der Waals surface area contributed by atoms with E-state index in [4.69, 9.17) is 23.2 Å². The third kappa shape index (κ3) is 2.98. The molecule has 0 unspecified atom stereocenters. The summed E-state index contributed by atoms with van der Waals surface area (Å²) in [5.41, 5.74) is 2.16. The monoisotopic (exact) mass is 488 g/mol. The van der Waals surface area contributed by atoms with Crippen molar-refractivity contribution in [3.8, 4) is 0 Å². The van der Waals surface area contributed by atoms with Crippen LogP contribution in [0.2, 0.25) is 10.0 Å². The molecule has 2 aromatic rings. The van der Waals surface area contributed by atoms with Crippen molar-refractivity contribution >= 4 is 60.8 Å². The van der Waals surface area contributed by atoms with Gasteiger partial charge in [0.05, 0.1) is 8.65 Å². The van der Waals surface area contributed by atoms with Crippen LogP contribution in [0.3, 0.4) is 0 Å². The summed E-state index contributed by atoms with van der Waals surface area (Å²) < 4.78 is -1.35. The number of carbonyl (C=O) groups excluding carboxylic acids is 1. The highest BCUT2D eigenvalue weighted by molar-refractivity contribution is 9.11. The lowest BCUT2D eigenvalue weighted by Gasteiger charge is -2.30. The van der Waals surface area contributed by atoms with Crippen LogP contribution in [0.25, 0.3) is 0 Å². The average Bonchev–Trinajstić information content (AvgIpc) is 2.67. The first-order chi connectivity index (χ1) is 11.2. The fourth-order valence-corrected chi connectivity index (χ4v) is 6.14. The predicted octanol–water partition coefficient (Wildman–Crippen LogP) is 6.75. The molecule has 1 aliphatic rings. The molecule has 0 amide bonds. The maximum Gasteiger partial charge on any atom is 0.166 e. The highest BCUT2D eigenvalue weighted by Crippen LogP contribution is 2.61. The summed E-state index contributed by atoms with van der Waals surface area (Å²) in [6, 6.07) is 15.5. The second-order valence-corrected chi connectivity index (χ2v) is 10.7. The van der Waals surface area contributed by atoms with E-state index in [2.05, 4.69) is 31.9 Å². The Balaban J connectivity index is 2.19. The van der Waals surface area contributed by atoms with Crippen LogP contribution in [0.1, 0.15) is 36.8 Å². The Hall–Kier alpha value is -0.350. The maximum absolute atomic E-state index is 13.1. The highest BCUT2D eigenvalue weighted by atomic mass is 79.9. The van der Waals surface area contributed by atoms with Crippen molar-refractivity contribution in [2.24, 2.45) is 0 Å². The SMILES string of the molecule is C[C@]1(Br)C(=O)[C@@](C)(Br)[C@@H](c2ccc(Cl)cc2)[C@@H]1c1ccc(Cl)cc1. The van der Waals surface area contributed by atoms with Crippen molar-refractivity contribution in [1.82, 2.24) is 0 Å². The lowest BCUT2D eigenvalue weighted by atomic mass is 9.78. The number of rotatable bonds is 2. The largest absolute Gasteiger partial charge is 0.297 e. The molecule has 0 spiro atoms. The van der Waals surface area contributed by atoms with Crippen LogP contribution in [-0.4, -0.2) is 14.4 Å². The van der Waals surface area contributed by atoms with Gasteiger partial charge >= 0.3 is 0 Å². The first-order valence-electron chi connectivity index (χ1n) is 7.59. The maximum atomic E-state index is 13.1. The van der Waals surface area contributed by atoms with Gasteiger partial charge in [0.15, 0.2) is 5.78 Å². The van der Waals surface area contributed by atoms with Gasteiger partial charge in [0, 0.05) is 21.9 Å². The number of ketones is 1. The molecule has 0 saturated heterocycles. The van der Waals surface area contributed by atoms with Gasteiger partial charge in [-0.2, -0.15) is 0 Å². The standard InChI is InChI=1S/C19H16Br2Cl2O/c1-18(20)15(11-3-7-13(22)8-4-11)16(19(2,21)17(18)24)12-5-9-14(23)10-6-12/h3-10,15-16H,1-2H3/t15-,16-,18-,19+/m0/s1. The Labute approximate surface area is 169 Å². The van der Waals surface area contributed by atoms with E-state index >= 15 is 0 Å². The molecule has 126 valence electrons. The van der Waals surface area contributed by atoms with Crippen molar-refractivity contribution < 1.29 is 4.79 Å². The average molecular weight is 491 g/mol. The van der Waals surface area contributed by atoms with E-state index < -0.39 is 8.65 Å². The zero-order valence-corrected chi connectivity index (χ0v) is 17.9. The summed E-state index contributed by atoms with van der Waals surface area (Å²) in [5, 5.41) is 1.37. The molecule has 0 bridgehead atoms. The Morgan fingerprint density at radius 2 is 1.04 bits per heavy atom. The summed E-state index contributed by atoms with van der Waals surface area (Å²) in [6.07, 6.45) is 0. The minimum Gasteiger partial charge on any atom is -0.297 e. The van der Waals surface area contributed by atoms with E-state index in [0.717, 1.165) is 11.1 Å². The summed E-state index contributed by atoms with van der Waals surface area (Å²) in [6.45, 7) is 3.90. The van der Waals surface area contributed by atoms with Crippen LogP contribution in [0.15, 0.2) is 48.5 Å². The molecule has 0 aromatic heterocycles. The quantitative estimate of drug-likeness (QED) is 0.425. The zero-order chi connectivity index (χ0) is 17.7. The molecular weight excluding hydrogens is 475 g/mol. The molecule has 0 aliphatic heterocycles. The Kier molecular flexibility index (Phi) is 4.94. The highest BCUT2D eigenvalue weighted by Gasteiger charge is 2.62. The van der Waals surface area contributed by atoms with Gasteiger partial charge in [0.2, 0.25) is 0 Å². The molecule has 1 aliphatic carbocycles. The van der Waals surface area contributed by atoms with Crippen LogP contribution >= 0.6 is 55.1 Å². The van der Waals surface area contributed by atoms with E-state index in [1.54, 1.807) is 0 Å². The molecule has 1 saturated carbocycles. The molecule has 2 aromatic carbocycles. The van der Waals surface area contributed by atoms with Crippen LogP contribution in [0.4, 0.5) is 0 Å². The van der Waals surface area contributed by atoms with Gasteiger partial charge < -0.3 is 0 Å². The van der Waals surface area contributed by atoms with Crippen molar-refractivity contribution in [2.45, 2.75) is 34.3 Å². The van der Waals surface area contributed by atoms with Crippen LogP contribution in [-0.2, 0) is 4.79 Å². The van der Waals surface area contributed by atoms with Crippen molar-refractivity contribution in [3.05, 3.63) is 69.7 Å². The van der Waals surface area contributed by atoms with Crippen molar-refractivity contribution in [1.29, 1.82) is 0 Å². The van der Waals surface area contributed by atoms with Crippen LogP contribution in [0.5, 0.6) is 0 Å². The Morgan fingerprint density at radius 3 is 1.33 bits per heavy atom. The van der Waals surface area contributed by atoms with E-state index in [9.17, 15) is 4.79 Å². The first-order valence-corrected chi connectivity index (χ1v) is 9.93. The van der Waals surface area contributed by atoms with Gasteiger partial charge in [-0.15, -0.1) is 0 Å². The van der Waals surface area contributed by atoms with E-state index in [1.165, 1.54) is 0 Å². The lowest BCUT2D eigenvalue weighted by molar-refractivity contribution is -0.120. The summed E-state index contributed by atoms with van der Waals surface area (Å²) in [5.74, 6) is 0.0653. The Morgan fingerprint density at radius 1 is 0.750 bits per heavy atom. The molecule has 1 fully saturated rings. The summed E-state index contributed by atoms with van der Waals surface area (Å²) in [4.78, 5) is 13.1. The molecule has 4 atom stereocenters. The van der Waals surface area contributed by atoms with Gasteiger partial charge in [0.25, 0.3) is 0 Å². The first kappa shape index (κ1) is 18.4. The summed E-state index contributed by atoms with van der Waals surface area (Å²) >= 11 is 19.5. The van der Waals surface area contributed by atoms with Gasteiger partial charge in [-0.3, -0.25) is 4.79 Å². The number of benzene rings is 2. The number of halogens is 4. The van der Waals surface area contributed by atoms with E-state index in [1.807, 2.05) is 62.4 Å². The molecule has 24 heavy (non-hydrogen) atoms.